The van der Waals surface area contributed by atoms with Gasteiger partial charge in [-0.25, -0.2) is 4.98 Å². The molecule has 0 spiro atoms. The third-order valence-electron chi connectivity index (χ3n) is 1.85. The normalized spacial score (nSPS) is 14.7. The monoisotopic (exact) mass is 210 g/mol. The molecule has 1 aromatic rings. The maximum Gasteiger partial charge on any atom is 1.00 e. The van der Waals surface area contributed by atoms with Gasteiger partial charge in [-0.15, -0.1) is 0 Å². The summed E-state index contributed by atoms with van der Waals surface area (Å²) in [6, 6.07) is 0.301. The minimum atomic E-state index is -2.21. The van der Waals surface area contributed by atoms with E-state index in [2.05, 4.69) is 4.98 Å². The standard InChI is InChI=1S/C7H12N2O2S.Na/c1-3-6(2)9-4-7(8-5-9)12(10)11;/h4-6H,3H2,1-2H3,(H,10,11);/q;+1/p-1. The molecule has 1 aromatic heterocycles. The van der Waals surface area contributed by atoms with Crippen molar-refractivity contribution in [3.63, 3.8) is 0 Å². The molecule has 2 unspecified atom stereocenters. The molecule has 0 aliphatic heterocycles. The van der Waals surface area contributed by atoms with Gasteiger partial charge in [-0.1, -0.05) is 6.92 Å². The summed E-state index contributed by atoms with van der Waals surface area (Å²) in [5, 5.41) is 0.107. The van der Waals surface area contributed by atoms with E-state index in [9.17, 15) is 8.76 Å². The van der Waals surface area contributed by atoms with Gasteiger partial charge in [0.1, 0.15) is 5.03 Å². The van der Waals surface area contributed by atoms with Crippen LogP contribution in [0.4, 0.5) is 0 Å². The largest absolute Gasteiger partial charge is 1.00 e. The first kappa shape index (κ1) is 13.3. The fourth-order valence-electron chi connectivity index (χ4n) is 0.856. The fourth-order valence-corrected chi connectivity index (χ4v) is 1.20. The van der Waals surface area contributed by atoms with E-state index in [4.69, 9.17) is 0 Å². The van der Waals surface area contributed by atoms with Crippen LogP contribution in [0.2, 0.25) is 0 Å². The zero-order valence-electron chi connectivity index (χ0n) is 8.06. The van der Waals surface area contributed by atoms with E-state index in [0.29, 0.717) is 6.04 Å². The number of hydrogen-bond acceptors (Lipinski definition) is 3. The second-order valence-corrected chi connectivity index (χ2v) is 3.54. The molecule has 0 fully saturated rings. The van der Waals surface area contributed by atoms with E-state index < -0.39 is 11.1 Å². The number of aromatic nitrogens is 2. The SMILES string of the molecule is CCC(C)n1cnc(S(=O)[O-])c1.[Na+]. The summed E-state index contributed by atoms with van der Waals surface area (Å²) < 4.78 is 22.7. The molecule has 13 heavy (non-hydrogen) atoms. The molecule has 0 aromatic carbocycles. The fraction of sp³-hybridized carbons (Fsp3) is 0.571. The number of rotatable bonds is 3. The van der Waals surface area contributed by atoms with Crippen molar-refractivity contribution in [3.8, 4) is 0 Å². The Hall–Kier alpha value is 0.320. The van der Waals surface area contributed by atoms with Gasteiger partial charge in [0.25, 0.3) is 0 Å². The number of nitrogens with zero attached hydrogens (tertiary/aromatic N) is 2. The summed E-state index contributed by atoms with van der Waals surface area (Å²) >= 11 is -2.21. The smallest absolute Gasteiger partial charge is 0.767 e. The van der Waals surface area contributed by atoms with Crippen LogP contribution in [-0.4, -0.2) is 18.3 Å². The topological polar surface area (TPSA) is 58.0 Å². The van der Waals surface area contributed by atoms with E-state index >= 15 is 0 Å². The Labute approximate surface area is 102 Å². The van der Waals surface area contributed by atoms with Gasteiger partial charge >= 0.3 is 29.6 Å². The van der Waals surface area contributed by atoms with Gasteiger partial charge in [0.05, 0.1) is 6.33 Å². The van der Waals surface area contributed by atoms with Crippen molar-refractivity contribution in [2.75, 3.05) is 0 Å². The first-order chi connectivity index (χ1) is 5.65. The summed E-state index contributed by atoms with van der Waals surface area (Å²) in [5.74, 6) is 0. The van der Waals surface area contributed by atoms with Crippen molar-refractivity contribution >= 4 is 11.1 Å². The molecule has 0 bridgehead atoms. The molecule has 68 valence electrons. The predicted molar refractivity (Wildman–Crippen MR) is 44.4 cm³/mol. The van der Waals surface area contributed by atoms with Crippen LogP contribution in [0.5, 0.6) is 0 Å². The summed E-state index contributed by atoms with van der Waals surface area (Å²) in [7, 11) is 0. The van der Waals surface area contributed by atoms with Gasteiger partial charge in [-0.3, -0.25) is 4.21 Å². The van der Waals surface area contributed by atoms with E-state index in [-0.39, 0.29) is 34.6 Å². The first-order valence-corrected chi connectivity index (χ1v) is 4.85. The van der Waals surface area contributed by atoms with E-state index in [1.165, 1.54) is 6.20 Å². The second kappa shape index (κ2) is 5.93. The molecular weight excluding hydrogens is 199 g/mol. The summed E-state index contributed by atoms with van der Waals surface area (Å²) in [5.41, 5.74) is 0. The average Bonchev–Trinajstić information content (AvgIpc) is 2.51. The molecule has 1 heterocycles. The Morgan fingerprint density at radius 2 is 2.38 bits per heavy atom. The summed E-state index contributed by atoms with van der Waals surface area (Å²) in [6.45, 7) is 4.05. The van der Waals surface area contributed by atoms with E-state index in [1.54, 1.807) is 10.9 Å². The van der Waals surface area contributed by atoms with Gasteiger partial charge in [-0.05, 0) is 24.4 Å². The third-order valence-corrected chi connectivity index (χ3v) is 2.40. The molecule has 0 N–H and O–H groups in total. The van der Waals surface area contributed by atoms with Crippen molar-refractivity contribution in [3.05, 3.63) is 12.5 Å². The van der Waals surface area contributed by atoms with Gasteiger partial charge < -0.3 is 9.12 Å². The Morgan fingerprint density at radius 3 is 2.77 bits per heavy atom. The van der Waals surface area contributed by atoms with Gasteiger partial charge in [0, 0.05) is 12.2 Å². The molecule has 0 aliphatic carbocycles. The maximum atomic E-state index is 10.4. The molecule has 4 nitrogen and oxygen atoms in total. The van der Waals surface area contributed by atoms with Gasteiger partial charge in [0.15, 0.2) is 0 Å². The molecule has 0 saturated carbocycles. The van der Waals surface area contributed by atoms with Gasteiger partial charge in [-0.2, -0.15) is 0 Å². The van der Waals surface area contributed by atoms with Crippen LogP contribution in [0.3, 0.4) is 0 Å². The summed E-state index contributed by atoms with van der Waals surface area (Å²) in [4.78, 5) is 3.74. The van der Waals surface area contributed by atoms with Crippen molar-refractivity contribution < 1.29 is 38.3 Å². The van der Waals surface area contributed by atoms with Gasteiger partial charge in [0.2, 0.25) is 0 Å². The number of imidazole rings is 1. The molecule has 0 saturated heterocycles. The molecule has 6 heteroatoms. The maximum absolute atomic E-state index is 10.4. The average molecular weight is 210 g/mol. The minimum Gasteiger partial charge on any atom is -0.767 e. The van der Waals surface area contributed by atoms with Crippen LogP contribution in [0.15, 0.2) is 17.6 Å². The molecular formula is C7H11N2NaO2S. The van der Waals surface area contributed by atoms with Crippen LogP contribution >= 0.6 is 0 Å². The molecule has 0 radical (unpaired) electrons. The quantitative estimate of drug-likeness (QED) is 0.432. The zero-order chi connectivity index (χ0) is 9.14. The minimum absolute atomic E-state index is 0. The molecule has 0 amide bonds. The van der Waals surface area contributed by atoms with E-state index in [1.807, 2.05) is 13.8 Å². The third kappa shape index (κ3) is 3.52. The zero-order valence-corrected chi connectivity index (χ0v) is 10.9. The van der Waals surface area contributed by atoms with Crippen LogP contribution in [-0.2, 0) is 11.1 Å². The molecule has 1 rings (SSSR count). The van der Waals surface area contributed by atoms with Crippen LogP contribution in [0, 0.1) is 0 Å². The van der Waals surface area contributed by atoms with E-state index in [0.717, 1.165) is 6.42 Å². The van der Waals surface area contributed by atoms with Crippen LogP contribution < -0.4 is 29.6 Å². The first-order valence-electron chi connectivity index (χ1n) is 3.78. The van der Waals surface area contributed by atoms with Crippen LogP contribution in [0.1, 0.15) is 26.3 Å². The van der Waals surface area contributed by atoms with Crippen molar-refractivity contribution in [1.29, 1.82) is 0 Å². The predicted octanol–water partition coefficient (Wildman–Crippen LogP) is -1.90. The number of hydrogen-bond donors (Lipinski definition) is 0. The Balaban J connectivity index is 0.00000144. The van der Waals surface area contributed by atoms with Crippen LogP contribution in [0.25, 0.3) is 0 Å². The van der Waals surface area contributed by atoms with Crippen molar-refractivity contribution in [2.24, 2.45) is 0 Å². The second-order valence-electron chi connectivity index (χ2n) is 2.65. The molecule has 0 aliphatic rings. The van der Waals surface area contributed by atoms with Crippen molar-refractivity contribution in [1.82, 2.24) is 9.55 Å². The Kier molecular flexibility index (Phi) is 6.07. The summed E-state index contributed by atoms with van der Waals surface area (Å²) in [6.07, 6.45) is 4.04. The Bertz CT molecular complexity index is 290. The van der Waals surface area contributed by atoms with Crippen molar-refractivity contribution in [2.45, 2.75) is 31.3 Å². The Morgan fingerprint density at radius 1 is 1.77 bits per heavy atom. The molecule has 2 atom stereocenters.